The lowest BCUT2D eigenvalue weighted by Crippen LogP contribution is -2.46. The smallest absolute Gasteiger partial charge is 0.106 e. The highest BCUT2D eigenvalue weighted by molar-refractivity contribution is 7.99. The highest BCUT2D eigenvalue weighted by atomic mass is 32.2. The SMILES string of the molecule is CC1(C)CCSCC1NCCCc1ncc[nH]1. The van der Waals surface area contributed by atoms with E-state index >= 15 is 0 Å². The van der Waals surface area contributed by atoms with Crippen LogP contribution in [-0.2, 0) is 6.42 Å². The summed E-state index contributed by atoms with van der Waals surface area (Å²) in [4.78, 5) is 7.39. The summed E-state index contributed by atoms with van der Waals surface area (Å²) in [6.45, 7) is 5.86. The first-order valence-corrected chi connectivity index (χ1v) is 7.63. The zero-order valence-corrected chi connectivity index (χ0v) is 11.6. The monoisotopic (exact) mass is 253 g/mol. The molecule has 1 aliphatic rings. The Hall–Kier alpha value is -0.480. The van der Waals surface area contributed by atoms with E-state index in [0.717, 1.165) is 25.2 Å². The van der Waals surface area contributed by atoms with Crippen molar-refractivity contribution in [2.24, 2.45) is 5.41 Å². The van der Waals surface area contributed by atoms with Crippen molar-refractivity contribution >= 4 is 11.8 Å². The Morgan fingerprint density at radius 3 is 3.18 bits per heavy atom. The molecule has 0 aliphatic carbocycles. The van der Waals surface area contributed by atoms with Crippen molar-refractivity contribution in [3.8, 4) is 0 Å². The van der Waals surface area contributed by atoms with Gasteiger partial charge in [-0.15, -0.1) is 0 Å². The molecule has 0 radical (unpaired) electrons. The van der Waals surface area contributed by atoms with Gasteiger partial charge in [0.2, 0.25) is 0 Å². The maximum Gasteiger partial charge on any atom is 0.106 e. The first-order chi connectivity index (χ1) is 8.18. The third-order valence-electron chi connectivity index (χ3n) is 3.65. The molecule has 0 aromatic carbocycles. The van der Waals surface area contributed by atoms with Crippen molar-refractivity contribution in [2.45, 2.75) is 39.2 Å². The molecule has 0 bridgehead atoms. The van der Waals surface area contributed by atoms with Crippen LogP contribution in [0.1, 0.15) is 32.5 Å². The van der Waals surface area contributed by atoms with Gasteiger partial charge in [0.25, 0.3) is 0 Å². The van der Waals surface area contributed by atoms with Crippen LogP contribution >= 0.6 is 11.8 Å². The summed E-state index contributed by atoms with van der Waals surface area (Å²) in [6.07, 6.45) is 7.24. The molecule has 17 heavy (non-hydrogen) atoms. The van der Waals surface area contributed by atoms with Crippen molar-refractivity contribution < 1.29 is 0 Å². The molecule has 2 heterocycles. The number of hydrogen-bond donors (Lipinski definition) is 2. The molecule has 2 N–H and O–H groups in total. The van der Waals surface area contributed by atoms with Crippen LogP contribution in [0.2, 0.25) is 0 Å². The van der Waals surface area contributed by atoms with Gasteiger partial charge in [0, 0.05) is 30.6 Å². The van der Waals surface area contributed by atoms with Crippen LogP contribution in [0, 0.1) is 5.41 Å². The summed E-state index contributed by atoms with van der Waals surface area (Å²) in [5, 5.41) is 3.71. The molecule has 0 amide bonds. The standard InChI is InChI=1S/C13H23N3S/c1-13(2)5-9-17-10-11(13)14-6-3-4-12-15-7-8-16-12/h7-8,11,14H,3-6,9-10H2,1-2H3,(H,15,16). The summed E-state index contributed by atoms with van der Waals surface area (Å²) in [7, 11) is 0. The van der Waals surface area contributed by atoms with Gasteiger partial charge in [-0.05, 0) is 30.6 Å². The number of thioether (sulfide) groups is 1. The molecule has 1 unspecified atom stereocenters. The molecule has 1 aromatic heterocycles. The maximum absolute atomic E-state index is 4.24. The number of imidazole rings is 1. The summed E-state index contributed by atoms with van der Waals surface area (Å²) >= 11 is 2.08. The molecule has 0 saturated carbocycles. The molecule has 96 valence electrons. The van der Waals surface area contributed by atoms with Gasteiger partial charge in [0.15, 0.2) is 0 Å². The topological polar surface area (TPSA) is 40.7 Å². The summed E-state index contributed by atoms with van der Waals surface area (Å²) in [5.74, 6) is 3.68. The first kappa shape index (κ1) is 13.0. The van der Waals surface area contributed by atoms with Gasteiger partial charge >= 0.3 is 0 Å². The number of hydrogen-bond acceptors (Lipinski definition) is 3. The van der Waals surface area contributed by atoms with Crippen molar-refractivity contribution in [2.75, 3.05) is 18.1 Å². The van der Waals surface area contributed by atoms with E-state index in [4.69, 9.17) is 0 Å². The van der Waals surface area contributed by atoms with E-state index in [0.29, 0.717) is 11.5 Å². The van der Waals surface area contributed by atoms with E-state index in [1.54, 1.807) is 0 Å². The fourth-order valence-corrected chi connectivity index (χ4v) is 3.88. The van der Waals surface area contributed by atoms with Gasteiger partial charge in [-0.1, -0.05) is 13.8 Å². The van der Waals surface area contributed by atoms with Gasteiger partial charge in [-0.3, -0.25) is 0 Å². The fraction of sp³-hybridized carbons (Fsp3) is 0.769. The van der Waals surface area contributed by atoms with Gasteiger partial charge < -0.3 is 10.3 Å². The highest BCUT2D eigenvalue weighted by Gasteiger charge is 2.31. The zero-order chi connectivity index (χ0) is 12.1. The van der Waals surface area contributed by atoms with Crippen LogP contribution in [-0.4, -0.2) is 34.1 Å². The Morgan fingerprint density at radius 2 is 2.47 bits per heavy atom. The highest BCUT2D eigenvalue weighted by Crippen LogP contribution is 2.33. The second-order valence-electron chi connectivity index (χ2n) is 5.46. The minimum Gasteiger partial charge on any atom is -0.349 e. The molecule has 1 fully saturated rings. The third-order valence-corrected chi connectivity index (χ3v) is 4.72. The Bertz CT molecular complexity index is 321. The van der Waals surface area contributed by atoms with E-state index in [-0.39, 0.29) is 0 Å². The Kier molecular flexibility index (Phi) is 4.51. The van der Waals surface area contributed by atoms with Crippen molar-refractivity contribution in [1.82, 2.24) is 15.3 Å². The minimum atomic E-state index is 0.454. The van der Waals surface area contributed by atoms with Crippen molar-refractivity contribution in [1.29, 1.82) is 0 Å². The van der Waals surface area contributed by atoms with Gasteiger partial charge in [-0.25, -0.2) is 4.98 Å². The average Bonchev–Trinajstić information content (AvgIpc) is 2.79. The molecular weight excluding hydrogens is 230 g/mol. The maximum atomic E-state index is 4.24. The van der Waals surface area contributed by atoms with Crippen LogP contribution in [0.25, 0.3) is 0 Å². The predicted octanol–water partition coefficient (Wildman–Crippen LogP) is 2.46. The number of rotatable bonds is 5. The molecule has 1 atom stereocenters. The lowest BCUT2D eigenvalue weighted by atomic mass is 9.82. The number of nitrogens with one attached hydrogen (secondary N) is 2. The van der Waals surface area contributed by atoms with E-state index < -0.39 is 0 Å². The number of aromatic nitrogens is 2. The van der Waals surface area contributed by atoms with Crippen LogP contribution < -0.4 is 5.32 Å². The van der Waals surface area contributed by atoms with E-state index in [1.165, 1.54) is 17.9 Å². The van der Waals surface area contributed by atoms with E-state index in [1.807, 2.05) is 12.4 Å². The average molecular weight is 253 g/mol. The second kappa shape index (κ2) is 5.91. The van der Waals surface area contributed by atoms with E-state index in [9.17, 15) is 0 Å². The zero-order valence-electron chi connectivity index (χ0n) is 10.8. The fourth-order valence-electron chi connectivity index (χ4n) is 2.24. The first-order valence-electron chi connectivity index (χ1n) is 6.48. The van der Waals surface area contributed by atoms with Crippen LogP contribution in [0.5, 0.6) is 0 Å². The quantitative estimate of drug-likeness (QED) is 0.792. The van der Waals surface area contributed by atoms with Crippen LogP contribution in [0.3, 0.4) is 0 Å². The molecule has 3 nitrogen and oxygen atoms in total. The summed E-state index contributed by atoms with van der Waals surface area (Å²) < 4.78 is 0. The molecule has 1 aromatic rings. The number of nitrogens with zero attached hydrogens (tertiary/aromatic N) is 1. The van der Waals surface area contributed by atoms with Gasteiger partial charge in [-0.2, -0.15) is 11.8 Å². The molecule has 1 aliphatic heterocycles. The van der Waals surface area contributed by atoms with Crippen LogP contribution in [0.4, 0.5) is 0 Å². The normalized spacial score (nSPS) is 23.8. The van der Waals surface area contributed by atoms with Gasteiger partial charge in [0.05, 0.1) is 0 Å². The molecular formula is C13H23N3S. The molecule has 0 spiro atoms. The van der Waals surface area contributed by atoms with Gasteiger partial charge in [0.1, 0.15) is 5.82 Å². The summed E-state index contributed by atoms with van der Waals surface area (Å²) in [5.41, 5.74) is 0.454. The van der Waals surface area contributed by atoms with Crippen molar-refractivity contribution in [3.05, 3.63) is 18.2 Å². The van der Waals surface area contributed by atoms with Crippen LogP contribution in [0.15, 0.2) is 12.4 Å². The third kappa shape index (κ3) is 3.75. The molecule has 1 saturated heterocycles. The Labute approximate surface area is 108 Å². The number of H-pyrrole nitrogens is 1. The molecule has 2 rings (SSSR count). The lowest BCUT2D eigenvalue weighted by molar-refractivity contribution is 0.246. The molecule has 4 heteroatoms. The Morgan fingerprint density at radius 1 is 1.59 bits per heavy atom. The largest absolute Gasteiger partial charge is 0.349 e. The number of aryl methyl sites for hydroxylation is 1. The number of aromatic amines is 1. The lowest BCUT2D eigenvalue weighted by Gasteiger charge is -2.38. The Balaban J connectivity index is 1.67. The van der Waals surface area contributed by atoms with Crippen molar-refractivity contribution in [3.63, 3.8) is 0 Å². The minimum absolute atomic E-state index is 0.454. The second-order valence-corrected chi connectivity index (χ2v) is 6.61. The predicted molar refractivity (Wildman–Crippen MR) is 74.4 cm³/mol. The summed E-state index contributed by atoms with van der Waals surface area (Å²) in [6, 6.07) is 0.665. The van der Waals surface area contributed by atoms with E-state index in [2.05, 4.69) is 40.9 Å².